The Morgan fingerprint density at radius 3 is 2.46 bits per heavy atom. The number of halogens is 3. The van der Waals surface area contributed by atoms with Crippen LogP contribution < -0.4 is 0 Å². The summed E-state index contributed by atoms with van der Waals surface area (Å²) in [4.78, 5) is 10.7. The predicted octanol–water partition coefficient (Wildman–Crippen LogP) is 2.89. The van der Waals surface area contributed by atoms with E-state index in [1.165, 1.54) is 6.92 Å². The smallest absolute Gasteiger partial charge is 0.416 e. The molecule has 0 bridgehead atoms. The van der Waals surface area contributed by atoms with Crippen molar-refractivity contribution in [3.8, 4) is 0 Å². The number of rotatable bonds is 3. The third kappa shape index (κ3) is 3.56. The highest BCUT2D eigenvalue weighted by Crippen LogP contribution is 2.34. The highest BCUT2D eigenvalue weighted by molar-refractivity contribution is 7.89. The normalized spacial score (nSPS) is 23.2. The molecule has 2 rings (SSSR count). The number of aliphatic carboxylic acids is 1. The number of carboxylic acids is 1. The van der Waals surface area contributed by atoms with E-state index >= 15 is 0 Å². The average Bonchev–Trinajstić information content (AvgIpc) is 2.46. The van der Waals surface area contributed by atoms with Crippen LogP contribution in [0, 0.1) is 12.8 Å². The van der Waals surface area contributed by atoms with E-state index in [-0.39, 0.29) is 12.1 Å². The van der Waals surface area contributed by atoms with E-state index in [1.54, 1.807) is 6.92 Å². The van der Waals surface area contributed by atoms with Gasteiger partial charge < -0.3 is 5.11 Å². The summed E-state index contributed by atoms with van der Waals surface area (Å²) in [5.74, 6) is -1.97. The van der Waals surface area contributed by atoms with Gasteiger partial charge in [-0.1, -0.05) is 6.07 Å². The third-order valence-electron chi connectivity index (χ3n) is 4.28. The molecule has 1 heterocycles. The topological polar surface area (TPSA) is 74.7 Å². The van der Waals surface area contributed by atoms with Crippen molar-refractivity contribution in [2.24, 2.45) is 5.92 Å². The molecule has 5 nitrogen and oxygen atoms in total. The molecule has 24 heavy (non-hydrogen) atoms. The predicted molar refractivity (Wildman–Crippen MR) is 79.9 cm³/mol. The number of carbonyl (C=O) groups is 1. The Morgan fingerprint density at radius 2 is 1.92 bits per heavy atom. The Morgan fingerprint density at radius 1 is 1.29 bits per heavy atom. The van der Waals surface area contributed by atoms with Crippen LogP contribution in [0.4, 0.5) is 13.2 Å². The molecular weight excluding hydrogens is 347 g/mol. The summed E-state index contributed by atoms with van der Waals surface area (Å²) in [7, 11) is -4.22. The summed E-state index contributed by atoms with van der Waals surface area (Å²) in [6.07, 6.45) is -3.98. The van der Waals surface area contributed by atoms with Crippen molar-refractivity contribution >= 4 is 16.0 Å². The van der Waals surface area contributed by atoms with Crippen molar-refractivity contribution in [3.05, 3.63) is 29.3 Å². The molecule has 0 saturated carbocycles. The SMILES string of the molecule is Cc1ccc(C(F)(F)F)cc1S(=O)(=O)N1CC(C(=O)O)CCC1C. The quantitative estimate of drug-likeness (QED) is 0.894. The standard InChI is InChI=1S/C15H18F3NO4S/c1-9-3-6-12(15(16,17)18)7-13(9)24(22,23)19-8-11(14(20)21)5-4-10(19)2/h3,6-7,10-11H,4-5,8H2,1-2H3,(H,20,21). The van der Waals surface area contributed by atoms with Crippen LogP contribution in [-0.2, 0) is 21.0 Å². The van der Waals surface area contributed by atoms with Crippen LogP contribution in [-0.4, -0.2) is 36.4 Å². The zero-order valence-electron chi connectivity index (χ0n) is 13.2. The van der Waals surface area contributed by atoms with Crippen LogP contribution >= 0.6 is 0 Å². The molecule has 0 aliphatic carbocycles. The molecule has 9 heteroatoms. The van der Waals surface area contributed by atoms with Crippen molar-refractivity contribution in [1.82, 2.24) is 4.31 Å². The molecule has 0 amide bonds. The maximum atomic E-state index is 12.9. The minimum Gasteiger partial charge on any atom is -0.481 e. The first-order chi connectivity index (χ1) is 10.9. The minimum atomic E-state index is -4.66. The van der Waals surface area contributed by atoms with E-state index in [2.05, 4.69) is 0 Å². The Balaban J connectivity index is 2.48. The number of carboxylic acid groups (broad SMARTS) is 1. The summed E-state index contributed by atoms with van der Waals surface area (Å²) in [6, 6.07) is 2.08. The summed E-state index contributed by atoms with van der Waals surface area (Å²) in [5.41, 5.74) is -0.862. The number of hydrogen-bond acceptors (Lipinski definition) is 3. The molecule has 2 atom stereocenters. The lowest BCUT2D eigenvalue weighted by Gasteiger charge is -2.35. The van der Waals surface area contributed by atoms with Gasteiger partial charge in [-0.3, -0.25) is 4.79 Å². The second-order valence-corrected chi connectivity index (χ2v) is 7.87. The fourth-order valence-electron chi connectivity index (χ4n) is 2.79. The average molecular weight is 365 g/mol. The van der Waals surface area contributed by atoms with Gasteiger partial charge in [0.1, 0.15) is 0 Å². The molecule has 2 unspecified atom stereocenters. The molecular formula is C15H18F3NO4S. The lowest BCUT2D eigenvalue weighted by Crippen LogP contribution is -2.47. The van der Waals surface area contributed by atoms with Crippen molar-refractivity contribution in [2.45, 2.75) is 43.8 Å². The van der Waals surface area contributed by atoms with Gasteiger partial charge in [0.2, 0.25) is 10.0 Å². The summed E-state index contributed by atoms with van der Waals surface area (Å²) < 4.78 is 65.3. The van der Waals surface area contributed by atoms with E-state index in [0.29, 0.717) is 18.9 Å². The molecule has 0 spiro atoms. The number of aryl methyl sites for hydroxylation is 1. The van der Waals surface area contributed by atoms with Crippen LogP contribution in [0.1, 0.15) is 30.9 Å². The molecule has 1 aromatic rings. The van der Waals surface area contributed by atoms with Gasteiger partial charge in [-0.25, -0.2) is 8.42 Å². The van der Waals surface area contributed by atoms with Crippen LogP contribution in [0.2, 0.25) is 0 Å². The van der Waals surface area contributed by atoms with Crippen molar-refractivity contribution in [1.29, 1.82) is 0 Å². The molecule has 1 aromatic carbocycles. The highest BCUT2D eigenvalue weighted by atomic mass is 32.2. The lowest BCUT2D eigenvalue weighted by atomic mass is 9.96. The van der Waals surface area contributed by atoms with Gasteiger partial charge in [0.05, 0.1) is 16.4 Å². The second kappa shape index (κ2) is 6.36. The number of hydrogen-bond donors (Lipinski definition) is 1. The first-order valence-electron chi connectivity index (χ1n) is 7.37. The molecule has 1 aliphatic heterocycles. The summed E-state index contributed by atoms with van der Waals surface area (Å²) >= 11 is 0. The van der Waals surface area contributed by atoms with E-state index in [4.69, 9.17) is 5.11 Å². The molecule has 0 radical (unpaired) electrons. The Bertz CT molecular complexity index is 746. The van der Waals surface area contributed by atoms with Crippen LogP contribution in [0.5, 0.6) is 0 Å². The lowest BCUT2D eigenvalue weighted by molar-refractivity contribution is -0.143. The fraction of sp³-hybridized carbons (Fsp3) is 0.533. The summed E-state index contributed by atoms with van der Waals surface area (Å²) in [6.45, 7) is 2.80. The van der Waals surface area contributed by atoms with E-state index < -0.39 is 44.6 Å². The molecule has 1 saturated heterocycles. The first kappa shape index (κ1) is 18.7. The molecule has 134 valence electrons. The minimum absolute atomic E-state index is 0.188. The van der Waals surface area contributed by atoms with E-state index in [0.717, 1.165) is 16.4 Å². The maximum absolute atomic E-state index is 12.9. The molecule has 1 fully saturated rings. The van der Waals surface area contributed by atoms with E-state index in [1.807, 2.05) is 0 Å². The molecule has 0 aromatic heterocycles. The van der Waals surface area contributed by atoms with Gasteiger partial charge in [-0.15, -0.1) is 0 Å². The highest BCUT2D eigenvalue weighted by Gasteiger charge is 2.39. The van der Waals surface area contributed by atoms with Crippen molar-refractivity contribution in [2.75, 3.05) is 6.54 Å². The first-order valence-corrected chi connectivity index (χ1v) is 8.81. The zero-order chi connectivity index (χ0) is 18.3. The number of benzene rings is 1. The molecule has 1 aliphatic rings. The van der Waals surface area contributed by atoms with E-state index in [9.17, 15) is 26.4 Å². The Labute approximate surface area is 138 Å². The van der Waals surface area contributed by atoms with Gasteiger partial charge >= 0.3 is 12.1 Å². The van der Waals surface area contributed by atoms with Crippen LogP contribution in [0.3, 0.4) is 0 Å². The third-order valence-corrected chi connectivity index (χ3v) is 6.40. The van der Waals surface area contributed by atoms with Crippen LogP contribution in [0.25, 0.3) is 0 Å². The van der Waals surface area contributed by atoms with Crippen molar-refractivity contribution < 1.29 is 31.5 Å². The van der Waals surface area contributed by atoms with Gasteiger partial charge in [0.25, 0.3) is 0 Å². The monoisotopic (exact) mass is 365 g/mol. The number of piperidine rings is 1. The van der Waals surface area contributed by atoms with Gasteiger partial charge in [0.15, 0.2) is 0 Å². The zero-order valence-corrected chi connectivity index (χ0v) is 14.0. The number of nitrogens with zero attached hydrogens (tertiary/aromatic N) is 1. The fourth-order valence-corrected chi connectivity index (χ4v) is 4.75. The Kier molecular flexibility index (Phi) is 4.96. The maximum Gasteiger partial charge on any atom is 0.416 e. The van der Waals surface area contributed by atoms with Crippen LogP contribution in [0.15, 0.2) is 23.1 Å². The Hall–Kier alpha value is -1.61. The molecule has 1 N–H and O–H groups in total. The largest absolute Gasteiger partial charge is 0.481 e. The van der Waals surface area contributed by atoms with Gasteiger partial charge in [0, 0.05) is 12.6 Å². The van der Waals surface area contributed by atoms with Gasteiger partial charge in [-0.05, 0) is 44.4 Å². The second-order valence-electron chi connectivity index (χ2n) is 6.01. The number of alkyl halides is 3. The van der Waals surface area contributed by atoms with Crippen molar-refractivity contribution in [3.63, 3.8) is 0 Å². The van der Waals surface area contributed by atoms with Gasteiger partial charge in [-0.2, -0.15) is 17.5 Å². The number of sulfonamides is 1. The summed E-state index contributed by atoms with van der Waals surface area (Å²) in [5, 5.41) is 9.11.